The van der Waals surface area contributed by atoms with Crippen molar-refractivity contribution in [3.05, 3.63) is 156 Å². The number of nitrogens with zero attached hydrogens (tertiary/aromatic N) is 4. The van der Waals surface area contributed by atoms with Gasteiger partial charge in [0, 0.05) is 6.08 Å². The van der Waals surface area contributed by atoms with Crippen LogP contribution in [0.15, 0.2) is 127 Å². The van der Waals surface area contributed by atoms with Gasteiger partial charge in [-0.05, 0) is 69.7 Å². The second-order valence-electron chi connectivity index (χ2n) is 11.5. The van der Waals surface area contributed by atoms with Crippen LogP contribution in [0, 0.1) is 0 Å². The first-order chi connectivity index (χ1) is 23.6. The van der Waals surface area contributed by atoms with Gasteiger partial charge in [-0.3, -0.25) is 0 Å². The predicted octanol–water partition coefficient (Wildman–Crippen LogP) is 9.10. The second kappa shape index (κ2) is 13.6. The van der Waals surface area contributed by atoms with Gasteiger partial charge in [0.15, 0.2) is 0 Å². The Morgan fingerprint density at radius 3 is 1.33 bits per heavy atom. The first-order valence-electron chi connectivity index (χ1n) is 15.7. The Balaban J connectivity index is 0.00000378. The molecule has 7 heteroatoms. The van der Waals surface area contributed by atoms with E-state index in [0.717, 1.165) is 89.9 Å². The van der Waals surface area contributed by atoms with Gasteiger partial charge in [0.25, 0.3) is 0 Å². The average molecular weight is 679 g/mol. The SMILES string of the molecule is O=C(O)/C=C/Cc1c2nc(c(-c3ccccc3)c3ccc([n-]3)c(-c3ccccc3)c3nc(c(-c4ccccc4)c4ccc1[n-]4)C=C3)C=C2.[Ni+2]. The average Bonchev–Trinajstić information content (AvgIpc) is 3.95. The molecule has 238 valence electrons. The molecule has 8 rings (SSSR count). The van der Waals surface area contributed by atoms with Gasteiger partial charge in [-0.15, -0.1) is 22.1 Å². The maximum atomic E-state index is 11.4. The summed E-state index contributed by atoms with van der Waals surface area (Å²) in [5.41, 5.74) is 12.8. The number of carboxylic acids is 1. The largest absolute Gasteiger partial charge is 2.00 e. The van der Waals surface area contributed by atoms with Crippen molar-refractivity contribution in [3.63, 3.8) is 0 Å². The molecule has 8 bridgehead atoms. The van der Waals surface area contributed by atoms with Gasteiger partial charge in [-0.25, -0.2) is 14.8 Å². The molecule has 6 nitrogen and oxygen atoms in total. The fraction of sp³-hybridized carbons (Fsp3) is 0.0238. The summed E-state index contributed by atoms with van der Waals surface area (Å²) >= 11 is 0. The molecular weight excluding hydrogens is 651 g/mol. The van der Waals surface area contributed by atoms with Crippen molar-refractivity contribution in [2.45, 2.75) is 6.42 Å². The molecular formula is C42H28N4NiO2. The minimum Gasteiger partial charge on any atom is -0.657 e. The number of hydrogen-bond donors (Lipinski definition) is 1. The molecule has 0 unspecified atom stereocenters. The van der Waals surface area contributed by atoms with Gasteiger partial charge < -0.3 is 15.1 Å². The van der Waals surface area contributed by atoms with E-state index in [1.165, 1.54) is 0 Å². The van der Waals surface area contributed by atoms with E-state index in [0.29, 0.717) is 6.42 Å². The fourth-order valence-electron chi connectivity index (χ4n) is 6.33. The van der Waals surface area contributed by atoms with E-state index < -0.39 is 5.97 Å². The van der Waals surface area contributed by atoms with Crippen LogP contribution >= 0.6 is 0 Å². The molecule has 0 spiro atoms. The molecule has 3 aromatic carbocycles. The van der Waals surface area contributed by atoms with Crippen molar-refractivity contribution in [1.82, 2.24) is 19.9 Å². The maximum absolute atomic E-state index is 11.4. The van der Waals surface area contributed by atoms with Crippen LogP contribution in [0.5, 0.6) is 0 Å². The third-order valence-electron chi connectivity index (χ3n) is 8.48. The Morgan fingerprint density at radius 2 is 0.898 bits per heavy atom. The Bertz CT molecular complexity index is 2400. The molecule has 0 aliphatic carbocycles. The summed E-state index contributed by atoms with van der Waals surface area (Å²) < 4.78 is 0. The van der Waals surface area contributed by atoms with Crippen LogP contribution in [0.4, 0.5) is 0 Å². The zero-order valence-electron chi connectivity index (χ0n) is 26.1. The minimum atomic E-state index is -1.00. The molecule has 0 atom stereocenters. The number of benzene rings is 3. The Kier molecular flexibility index (Phi) is 8.76. The van der Waals surface area contributed by atoms with Crippen molar-refractivity contribution in [1.29, 1.82) is 0 Å². The topological polar surface area (TPSA) is 91.3 Å². The smallest absolute Gasteiger partial charge is 0.657 e. The Hall–Kier alpha value is -6.04. The number of rotatable bonds is 6. The monoisotopic (exact) mass is 678 g/mol. The van der Waals surface area contributed by atoms with E-state index in [4.69, 9.17) is 19.9 Å². The van der Waals surface area contributed by atoms with Crippen LogP contribution < -0.4 is 9.97 Å². The first-order valence-corrected chi connectivity index (χ1v) is 15.7. The van der Waals surface area contributed by atoms with Crippen molar-refractivity contribution in [3.8, 4) is 33.4 Å². The van der Waals surface area contributed by atoms with E-state index in [-0.39, 0.29) is 16.5 Å². The van der Waals surface area contributed by atoms with Gasteiger partial charge in [-0.1, -0.05) is 121 Å². The number of aliphatic carboxylic acids is 1. The predicted molar refractivity (Wildman–Crippen MR) is 194 cm³/mol. The molecule has 5 heterocycles. The van der Waals surface area contributed by atoms with E-state index in [1.54, 1.807) is 6.08 Å². The van der Waals surface area contributed by atoms with Crippen molar-refractivity contribution in [2.24, 2.45) is 0 Å². The molecule has 0 amide bonds. The van der Waals surface area contributed by atoms with E-state index >= 15 is 0 Å². The van der Waals surface area contributed by atoms with Crippen molar-refractivity contribution < 1.29 is 26.4 Å². The summed E-state index contributed by atoms with van der Waals surface area (Å²) in [6, 6.07) is 38.6. The number of fused-ring (bicyclic) bond motifs is 8. The fourth-order valence-corrected chi connectivity index (χ4v) is 6.33. The Morgan fingerprint density at radius 1 is 0.531 bits per heavy atom. The van der Waals surface area contributed by atoms with Gasteiger partial charge in [0.05, 0.1) is 22.8 Å². The molecule has 3 aromatic heterocycles. The molecule has 2 aliphatic rings. The van der Waals surface area contributed by atoms with Crippen LogP contribution in [0.25, 0.3) is 79.8 Å². The normalized spacial score (nSPS) is 11.9. The third-order valence-corrected chi connectivity index (χ3v) is 8.48. The van der Waals surface area contributed by atoms with Crippen LogP contribution in [0.1, 0.15) is 28.3 Å². The summed E-state index contributed by atoms with van der Waals surface area (Å²) in [5.74, 6) is -1.00. The van der Waals surface area contributed by atoms with Crippen molar-refractivity contribution in [2.75, 3.05) is 0 Å². The number of carboxylic acid groups (broad SMARTS) is 1. The van der Waals surface area contributed by atoms with Crippen LogP contribution in [0.2, 0.25) is 0 Å². The van der Waals surface area contributed by atoms with Gasteiger partial charge >= 0.3 is 22.5 Å². The molecule has 0 saturated carbocycles. The number of hydrogen-bond acceptors (Lipinski definition) is 3. The summed E-state index contributed by atoms with van der Waals surface area (Å²) in [6.45, 7) is 0. The van der Waals surface area contributed by atoms with Crippen LogP contribution in [0.3, 0.4) is 0 Å². The summed E-state index contributed by atoms with van der Waals surface area (Å²) in [7, 11) is 0. The Labute approximate surface area is 293 Å². The van der Waals surface area contributed by atoms with Crippen LogP contribution in [-0.4, -0.2) is 21.0 Å². The standard InChI is InChI=1S/C42H29N4O2.Ni/c47-39(48)18-10-17-30-31-19-21-33(43-31)40(27-11-4-1-5-12-27)35-23-25-37(45-35)42(29-15-8-3-9-16-29)38-26-24-36(46-38)41(28-13-6-2-7-14-28)34-22-20-32(30)44-34;/h1-16,18-26H,17H2,(H2-,43,44,45,46,47,48);/q-1;+2/p-1/b18-10+,31-30?,32-30?,40-33?,40-35?,41-34?,41-36?,42-37?,42-38?;. The second-order valence-corrected chi connectivity index (χ2v) is 11.5. The zero-order valence-corrected chi connectivity index (χ0v) is 27.1. The molecule has 2 aliphatic heterocycles. The molecule has 0 fully saturated rings. The minimum absolute atomic E-state index is 0. The quantitative estimate of drug-likeness (QED) is 0.139. The van der Waals surface area contributed by atoms with Gasteiger partial charge in [0.2, 0.25) is 0 Å². The molecule has 0 radical (unpaired) electrons. The molecule has 0 saturated heterocycles. The molecule has 6 aromatic rings. The number of aromatic nitrogens is 4. The first kappa shape index (κ1) is 31.6. The third kappa shape index (κ3) is 6.20. The van der Waals surface area contributed by atoms with Gasteiger partial charge in [0.1, 0.15) is 0 Å². The summed E-state index contributed by atoms with van der Waals surface area (Å²) in [5, 5.41) is 9.35. The summed E-state index contributed by atoms with van der Waals surface area (Å²) in [4.78, 5) is 32.2. The summed E-state index contributed by atoms with van der Waals surface area (Å²) in [6.07, 6.45) is 11.2. The molecule has 1 N–H and O–H groups in total. The number of allylic oxidation sites excluding steroid dienone is 1. The zero-order chi connectivity index (χ0) is 32.5. The molecule has 49 heavy (non-hydrogen) atoms. The van der Waals surface area contributed by atoms with E-state index in [9.17, 15) is 9.90 Å². The van der Waals surface area contributed by atoms with E-state index in [1.807, 2.05) is 91.0 Å². The van der Waals surface area contributed by atoms with Gasteiger partial charge in [-0.2, -0.15) is 0 Å². The number of carbonyl (C=O) groups is 1. The van der Waals surface area contributed by atoms with Crippen molar-refractivity contribution >= 4 is 52.3 Å². The van der Waals surface area contributed by atoms with Crippen LogP contribution in [-0.2, 0) is 27.7 Å². The van der Waals surface area contributed by atoms with E-state index in [2.05, 4.69) is 48.5 Å². The maximum Gasteiger partial charge on any atom is 2.00 e.